The Hall–Kier alpha value is -3.89. The van der Waals surface area contributed by atoms with Gasteiger partial charge in [-0.3, -0.25) is 29.0 Å². The molecule has 0 aliphatic carbocycles. The maximum absolute atomic E-state index is 12.6. The highest BCUT2D eigenvalue weighted by Crippen LogP contribution is 2.31. The summed E-state index contributed by atoms with van der Waals surface area (Å²) >= 11 is 0. The Bertz CT molecular complexity index is 1260. The monoisotopic (exact) mass is 549 g/mol. The highest BCUT2D eigenvalue weighted by atomic mass is 16.3. The number of benzene rings is 2. The molecule has 10 nitrogen and oxygen atoms in total. The van der Waals surface area contributed by atoms with Crippen LogP contribution in [0.2, 0.25) is 0 Å². The van der Waals surface area contributed by atoms with Crippen molar-refractivity contribution in [2.45, 2.75) is 45.8 Å². The van der Waals surface area contributed by atoms with E-state index in [1.165, 1.54) is 16.7 Å². The first-order valence-electron chi connectivity index (χ1n) is 13.8. The third-order valence-corrected chi connectivity index (χ3v) is 7.69. The van der Waals surface area contributed by atoms with Crippen LogP contribution in [0, 0.1) is 0 Å². The lowest BCUT2D eigenvalue weighted by molar-refractivity contribution is -0.820. The molecular weight excluding hydrogens is 512 g/mol. The summed E-state index contributed by atoms with van der Waals surface area (Å²) in [5, 5.41) is 10.5. The van der Waals surface area contributed by atoms with Crippen molar-refractivity contribution in [2.24, 2.45) is 0 Å². The number of hydrogen-bond donors (Lipinski definition) is 2. The number of aliphatic hydroxyl groups excluding tert-OH is 1. The van der Waals surface area contributed by atoms with Crippen LogP contribution in [0.1, 0.15) is 82.4 Å². The first-order valence-corrected chi connectivity index (χ1v) is 13.8. The van der Waals surface area contributed by atoms with Crippen molar-refractivity contribution in [1.82, 2.24) is 14.7 Å². The molecule has 2 unspecified atom stereocenters. The molecule has 2 aliphatic rings. The fourth-order valence-corrected chi connectivity index (χ4v) is 5.44. The molecule has 10 heteroatoms. The summed E-state index contributed by atoms with van der Waals surface area (Å²) in [6.07, 6.45) is 1.54. The van der Waals surface area contributed by atoms with Crippen molar-refractivity contribution in [3.8, 4) is 0 Å². The van der Waals surface area contributed by atoms with Crippen LogP contribution in [0.5, 0.6) is 0 Å². The van der Waals surface area contributed by atoms with E-state index >= 15 is 0 Å². The summed E-state index contributed by atoms with van der Waals surface area (Å²) < 4.78 is 0. The van der Waals surface area contributed by atoms with E-state index in [4.69, 9.17) is 0 Å². The van der Waals surface area contributed by atoms with Crippen LogP contribution in [0.15, 0.2) is 48.5 Å². The summed E-state index contributed by atoms with van der Waals surface area (Å²) in [7, 11) is 0. The molecule has 0 aromatic heterocycles. The van der Waals surface area contributed by atoms with Crippen LogP contribution in [0.3, 0.4) is 0 Å². The average molecular weight is 550 g/mol. The van der Waals surface area contributed by atoms with Crippen LogP contribution >= 0.6 is 0 Å². The standard InChI is InChI=1S/C30H36N4O6/c1-21(35)31(17-9-19-33-27(37)23-11-3-4-12-24(23)28(33)38)15-7-8-16-32(22(2)36)18-10-20-34-29(39)25-13-5-6-14-26(25)30(34)40/h3-6,11-14,27,37H,7-10,15-20H2,1-2H3/p+1. The summed E-state index contributed by atoms with van der Waals surface area (Å²) in [5.74, 6) is -0.848. The zero-order chi connectivity index (χ0) is 28.8. The Labute approximate surface area is 234 Å². The minimum absolute atomic E-state index is 0.0148. The SMILES string of the molecule is CC(=O)N(CCCC[NH+](CCCN1C(=O)c2ccccc2C1O)C(C)=O)CCCN1C(=O)c2ccccc2C1=O. The number of aliphatic hydroxyl groups is 1. The zero-order valence-corrected chi connectivity index (χ0v) is 23.1. The van der Waals surface area contributed by atoms with Gasteiger partial charge in [-0.1, -0.05) is 30.3 Å². The minimum atomic E-state index is -0.959. The first-order chi connectivity index (χ1) is 19.2. The molecule has 40 heavy (non-hydrogen) atoms. The lowest BCUT2D eigenvalue weighted by atomic mass is 10.1. The van der Waals surface area contributed by atoms with Crippen molar-refractivity contribution >= 4 is 29.5 Å². The number of rotatable bonds is 13. The van der Waals surface area contributed by atoms with Crippen LogP contribution in [-0.2, 0) is 9.59 Å². The smallest absolute Gasteiger partial charge is 0.308 e. The molecule has 2 aliphatic heterocycles. The number of carbonyl (C=O) groups excluding carboxylic acids is 5. The predicted molar refractivity (Wildman–Crippen MR) is 146 cm³/mol. The molecule has 4 rings (SSSR count). The lowest BCUT2D eigenvalue weighted by Crippen LogP contribution is -3.14. The van der Waals surface area contributed by atoms with Crippen LogP contribution in [0.25, 0.3) is 0 Å². The largest absolute Gasteiger partial charge is 0.369 e. The highest BCUT2D eigenvalue weighted by molar-refractivity contribution is 6.21. The van der Waals surface area contributed by atoms with Crippen LogP contribution < -0.4 is 4.90 Å². The van der Waals surface area contributed by atoms with Crippen molar-refractivity contribution in [1.29, 1.82) is 0 Å². The maximum Gasteiger partial charge on any atom is 0.308 e. The summed E-state index contributed by atoms with van der Waals surface area (Å²) in [5.41, 5.74) is 1.97. The molecule has 2 heterocycles. The summed E-state index contributed by atoms with van der Waals surface area (Å²) in [4.78, 5) is 67.3. The Balaban J connectivity index is 1.17. The number of nitrogens with zero attached hydrogens (tertiary/aromatic N) is 3. The molecule has 0 saturated heterocycles. The van der Waals surface area contributed by atoms with E-state index < -0.39 is 6.23 Å². The van der Waals surface area contributed by atoms with Gasteiger partial charge in [0.05, 0.1) is 31.1 Å². The molecule has 2 aromatic rings. The Morgan fingerprint density at radius 1 is 0.775 bits per heavy atom. The van der Waals surface area contributed by atoms with Crippen molar-refractivity contribution in [3.63, 3.8) is 0 Å². The van der Waals surface area contributed by atoms with Crippen LogP contribution in [0.4, 0.5) is 0 Å². The van der Waals surface area contributed by atoms with E-state index in [2.05, 4.69) is 0 Å². The second kappa shape index (κ2) is 13.0. The fourth-order valence-electron chi connectivity index (χ4n) is 5.44. The summed E-state index contributed by atoms with van der Waals surface area (Å²) in [6, 6.07) is 13.8. The molecule has 0 fully saturated rings. The van der Waals surface area contributed by atoms with Gasteiger partial charge in [-0.05, 0) is 37.5 Å². The number of imide groups is 1. The van der Waals surface area contributed by atoms with Gasteiger partial charge in [-0.15, -0.1) is 0 Å². The van der Waals surface area contributed by atoms with Crippen LogP contribution in [-0.4, -0.2) is 88.6 Å². The van der Waals surface area contributed by atoms with Gasteiger partial charge in [0.1, 0.15) is 0 Å². The van der Waals surface area contributed by atoms with Gasteiger partial charge in [0.15, 0.2) is 6.23 Å². The van der Waals surface area contributed by atoms with Gasteiger partial charge in [-0.25, -0.2) is 4.79 Å². The molecule has 2 N–H and O–H groups in total. The topological polar surface area (TPSA) is 120 Å². The van der Waals surface area contributed by atoms with E-state index in [-0.39, 0.29) is 36.1 Å². The number of fused-ring (bicyclic) bond motifs is 2. The van der Waals surface area contributed by atoms with Gasteiger partial charge in [0.2, 0.25) is 5.91 Å². The molecule has 0 bridgehead atoms. The van der Waals surface area contributed by atoms with Crippen molar-refractivity contribution in [2.75, 3.05) is 39.3 Å². The second-order valence-corrected chi connectivity index (χ2v) is 10.3. The number of hydrogen-bond acceptors (Lipinski definition) is 6. The number of quaternary nitrogens is 1. The van der Waals surface area contributed by atoms with Gasteiger partial charge in [0, 0.05) is 50.7 Å². The number of nitrogens with one attached hydrogen (secondary N) is 1. The predicted octanol–water partition coefficient (Wildman–Crippen LogP) is 1.27. The number of unbranched alkanes of at least 4 members (excludes halogenated alkanes) is 1. The first kappa shape index (κ1) is 29.1. The minimum Gasteiger partial charge on any atom is -0.369 e. The zero-order valence-electron chi connectivity index (χ0n) is 23.1. The van der Waals surface area contributed by atoms with Gasteiger partial charge >= 0.3 is 5.91 Å². The maximum atomic E-state index is 12.6. The number of amides is 5. The van der Waals surface area contributed by atoms with E-state index in [0.29, 0.717) is 74.2 Å². The Morgan fingerprint density at radius 2 is 1.35 bits per heavy atom. The van der Waals surface area contributed by atoms with Crippen molar-refractivity contribution < 1.29 is 34.0 Å². The number of carbonyl (C=O) groups is 5. The van der Waals surface area contributed by atoms with Gasteiger partial charge < -0.3 is 14.9 Å². The Kier molecular flexibility index (Phi) is 9.44. The van der Waals surface area contributed by atoms with E-state index in [0.717, 1.165) is 11.3 Å². The van der Waals surface area contributed by atoms with Gasteiger partial charge in [-0.2, -0.15) is 0 Å². The second-order valence-electron chi connectivity index (χ2n) is 10.3. The fraction of sp³-hybridized carbons (Fsp3) is 0.433. The van der Waals surface area contributed by atoms with E-state index in [1.54, 1.807) is 60.4 Å². The molecule has 0 radical (unpaired) electrons. The molecule has 5 amide bonds. The normalized spacial score (nSPS) is 16.8. The third kappa shape index (κ3) is 6.29. The molecule has 2 atom stereocenters. The van der Waals surface area contributed by atoms with E-state index in [1.807, 2.05) is 0 Å². The van der Waals surface area contributed by atoms with Gasteiger partial charge in [0.25, 0.3) is 17.7 Å². The lowest BCUT2D eigenvalue weighted by Gasteiger charge is -2.23. The third-order valence-electron chi connectivity index (χ3n) is 7.69. The summed E-state index contributed by atoms with van der Waals surface area (Å²) in [6.45, 7) is 5.75. The molecule has 2 aromatic carbocycles. The molecule has 0 spiro atoms. The molecule has 0 saturated carbocycles. The quantitative estimate of drug-likeness (QED) is 0.287. The average Bonchev–Trinajstić information content (AvgIpc) is 3.33. The molecular formula is C30H37N4O6+. The Morgan fingerprint density at radius 3 is 1.95 bits per heavy atom. The molecule has 212 valence electrons. The highest BCUT2D eigenvalue weighted by Gasteiger charge is 2.35. The van der Waals surface area contributed by atoms with Crippen molar-refractivity contribution in [3.05, 3.63) is 70.8 Å². The van der Waals surface area contributed by atoms with E-state index in [9.17, 15) is 29.1 Å².